The van der Waals surface area contributed by atoms with Gasteiger partial charge < -0.3 is 5.32 Å². The van der Waals surface area contributed by atoms with Gasteiger partial charge in [0.2, 0.25) is 0 Å². The van der Waals surface area contributed by atoms with Gasteiger partial charge in [0.05, 0.1) is 0 Å². The monoisotopic (exact) mass is 292 g/mol. The van der Waals surface area contributed by atoms with Crippen molar-refractivity contribution in [2.75, 3.05) is 19.6 Å². The number of nitrogens with zero attached hydrogens (tertiary/aromatic N) is 1. The molecular weight excluding hydrogens is 263 g/mol. The Hall–Kier alpha value is -0.930. The highest BCUT2D eigenvalue weighted by atomic mass is 19.1. The quantitative estimate of drug-likeness (QED) is 0.693. The van der Waals surface area contributed by atoms with Gasteiger partial charge in [-0.1, -0.05) is 32.4 Å². The number of hydrogen-bond donors (Lipinski definition) is 1. The van der Waals surface area contributed by atoms with Gasteiger partial charge >= 0.3 is 0 Å². The molecule has 0 amide bonds. The van der Waals surface area contributed by atoms with E-state index in [9.17, 15) is 4.39 Å². The predicted molar refractivity (Wildman–Crippen MR) is 86.7 cm³/mol. The zero-order valence-corrected chi connectivity index (χ0v) is 13.5. The summed E-state index contributed by atoms with van der Waals surface area (Å²) < 4.78 is 14.0. The van der Waals surface area contributed by atoms with Gasteiger partial charge in [-0.25, -0.2) is 4.39 Å². The molecule has 1 N–H and O–H groups in total. The zero-order chi connectivity index (χ0) is 15.1. The molecule has 21 heavy (non-hydrogen) atoms. The minimum absolute atomic E-state index is 0.0682. The van der Waals surface area contributed by atoms with E-state index in [2.05, 4.69) is 24.1 Å². The van der Waals surface area contributed by atoms with Gasteiger partial charge in [-0.05, 0) is 49.9 Å². The molecule has 1 aliphatic carbocycles. The van der Waals surface area contributed by atoms with Crippen LogP contribution in [0.5, 0.6) is 0 Å². The standard InChI is InChI=1S/C18H29FN2/c1-3-10-20-12-16-8-9-18(19)17(11-16)14-21(4-2)13-15-6-5-7-15/h8-9,11,15,20H,3-7,10,12-14H2,1-2H3. The Labute approximate surface area is 128 Å². The third kappa shape index (κ3) is 5.08. The first kappa shape index (κ1) is 16.4. The number of hydrogen-bond acceptors (Lipinski definition) is 2. The van der Waals surface area contributed by atoms with E-state index < -0.39 is 0 Å². The van der Waals surface area contributed by atoms with Gasteiger partial charge in [-0.3, -0.25) is 4.90 Å². The Morgan fingerprint density at radius 2 is 2.10 bits per heavy atom. The van der Waals surface area contributed by atoms with E-state index in [4.69, 9.17) is 0 Å². The van der Waals surface area contributed by atoms with Crippen molar-refractivity contribution in [2.24, 2.45) is 5.92 Å². The van der Waals surface area contributed by atoms with Gasteiger partial charge in [-0.2, -0.15) is 0 Å². The second-order valence-electron chi connectivity index (χ2n) is 6.23. The summed E-state index contributed by atoms with van der Waals surface area (Å²) in [5.41, 5.74) is 2.02. The fourth-order valence-electron chi connectivity index (χ4n) is 2.86. The lowest BCUT2D eigenvalue weighted by Crippen LogP contribution is -2.32. The van der Waals surface area contributed by atoms with Crippen LogP contribution in [0.15, 0.2) is 18.2 Å². The average molecular weight is 292 g/mol. The second kappa shape index (κ2) is 8.50. The maximum Gasteiger partial charge on any atom is 0.127 e. The Bertz CT molecular complexity index is 429. The largest absolute Gasteiger partial charge is 0.313 e. The fraction of sp³-hybridized carbons (Fsp3) is 0.667. The smallest absolute Gasteiger partial charge is 0.127 e. The van der Waals surface area contributed by atoms with Gasteiger partial charge in [0.1, 0.15) is 5.82 Å². The minimum Gasteiger partial charge on any atom is -0.313 e. The van der Waals surface area contributed by atoms with Crippen molar-refractivity contribution in [1.29, 1.82) is 0 Å². The summed E-state index contributed by atoms with van der Waals surface area (Å²) in [6.07, 6.45) is 5.19. The third-order valence-corrected chi connectivity index (χ3v) is 4.45. The molecule has 0 radical (unpaired) electrons. The predicted octanol–water partition coefficient (Wildman–Crippen LogP) is 3.95. The topological polar surface area (TPSA) is 15.3 Å². The van der Waals surface area contributed by atoms with Gasteiger partial charge in [0.15, 0.2) is 0 Å². The van der Waals surface area contributed by atoms with Crippen LogP contribution in [0.2, 0.25) is 0 Å². The normalized spacial score (nSPS) is 15.4. The summed E-state index contributed by atoms with van der Waals surface area (Å²) in [6.45, 7) is 9.01. The van der Waals surface area contributed by atoms with Crippen LogP contribution in [0.4, 0.5) is 4.39 Å². The Kier molecular flexibility index (Phi) is 6.65. The van der Waals surface area contributed by atoms with Gasteiger partial charge in [0, 0.05) is 25.2 Å². The molecule has 1 fully saturated rings. The van der Waals surface area contributed by atoms with Crippen LogP contribution in [0.1, 0.15) is 50.7 Å². The van der Waals surface area contributed by atoms with Crippen molar-refractivity contribution < 1.29 is 4.39 Å². The van der Waals surface area contributed by atoms with E-state index in [1.807, 2.05) is 12.1 Å². The van der Waals surface area contributed by atoms with Crippen LogP contribution in [0.3, 0.4) is 0 Å². The van der Waals surface area contributed by atoms with Crippen LogP contribution in [-0.2, 0) is 13.1 Å². The van der Waals surface area contributed by atoms with Crippen LogP contribution >= 0.6 is 0 Å². The molecule has 1 saturated carbocycles. The van der Waals surface area contributed by atoms with Crippen LogP contribution in [-0.4, -0.2) is 24.5 Å². The number of halogens is 1. The molecular formula is C18H29FN2. The summed E-state index contributed by atoms with van der Waals surface area (Å²) in [7, 11) is 0. The molecule has 0 aliphatic heterocycles. The number of rotatable bonds is 9. The molecule has 0 saturated heterocycles. The van der Waals surface area contributed by atoms with Crippen molar-refractivity contribution in [3.8, 4) is 0 Å². The molecule has 0 aromatic heterocycles. The zero-order valence-electron chi connectivity index (χ0n) is 13.5. The molecule has 118 valence electrons. The highest BCUT2D eigenvalue weighted by Crippen LogP contribution is 2.27. The van der Waals surface area contributed by atoms with Crippen molar-refractivity contribution in [3.63, 3.8) is 0 Å². The molecule has 0 bridgehead atoms. The lowest BCUT2D eigenvalue weighted by atomic mass is 9.85. The van der Waals surface area contributed by atoms with E-state index in [-0.39, 0.29) is 5.82 Å². The SMILES string of the molecule is CCCNCc1ccc(F)c(CN(CC)CC2CCC2)c1. The fourth-order valence-corrected chi connectivity index (χ4v) is 2.86. The first-order chi connectivity index (χ1) is 10.2. The average Bonchev–Trinajstić information content (AvgIpc) is 2.44. The Morgan fingerprint density at radius 3 is 2.71 bits per heavy atom. The molecule has 1 aliphatic rings. The van der Waals surface area contributed by atoms with Crippen molar-refractivity contribution in [1.82, 2.24) is 10.2 Å². The molecule has 0 spiro atoms. The molecule has 3 heteroatoms. The molecule has 1 aromatic rings. The molecule has 2 rings (SSSR count). The van der Waals surface area contributed by atoms with E-state index in [0.717, 1.165) is 50.6 Å². The molecule has 0 atom stereocenters. The van der Waals surface area contributed by atoms with Crippen LogP contribution < -0.4 is 5.32 Å². The van der Waals surface area contributed by atoms with Crippen molar-refractivity contribution in [3.05, 3.63) is 35.1 Å². The van der Waals surface area contributed by atoms with E-state index >= 15 is 0 Å². The summed E-state index contributed by atoms with van der Waals surface area (Å²) in [4.78, 5) is 2.38. The van der Waals surface area contributed by atoms with Crippen molar-refractivity contribution >= 4 is 0 Å². The van der Waals surface area contributed by atoms with Crippen molar-refractivity contribution in [2.45, 2.75) is 52.6 Å². The number of benzene rings is 1. The highest BCUT2D eigenvalue weighted by molar-refractivity contribution is 5.25. The van der Waals surface area contributed by atoms with Crippen LogP contribution in [0.25, 0.3) is 0 Å². The summed E-state index contributed by atoms with van der Waals surface area (Å²) in [5, 5.41) is 3.38. The molecule has 0 heterocycles. The van der Waals surface area contributed by atoms with E-state index in [0.29, 0.717) is 0 Å². The summed E-state index contributed by atoms with van der Waals surface area (Å²) >= 11 is 0. The molecule has 0 unspecified atom stereocenters. The Morgan fingerprint density at radius 1 is 1.29 bits per heavy atom. The molecule has 1 aromatic carbocycles. The summed E-state index contributed by atoms with van der Waals surface area (Å²) in [5.74, 6) is 0.767. The maximum atomic E-state index is 14.0. The highest BCUT2D eigenvalue weighted by Gasteiger charge is 2.20. The first-order valence-electron chi connectivity index (χ1n) is 8.43. The minimum atomic E-state index is -0.0682. The second-order valence-corrected chi connectivity index (χ2v) is 6.23. The van der Waals surface area contributed by atoms with Crippen LogP contribution in [0, 0.1) is 11.7 Å². The lowest BCUT2D eigenvalue weighted by molar-refractivity contribution is 0.176. The Balaban J connectivity index is 1.94. The first-order valence-corrected chi connectivity index (χ1v) is 8.43. The van der Waals surface area contributed by atoms with Gasteiger partial charge in [0.25, 0.3) is 0 Å². The lowest BCUT2D eigenvalue weighted by Gasteiger charge is -2.31. The van der Waals surface area contributed by atoms with Gasteiger partial charge in [-0.15, -0.1) is 0 Å². The van der Waals surface area contributed by atoms with E-state index in [1.165, 1.54) is 24.8 Å². The maximum absolute atomic E-state index is 14.0. The number of nitrogens with one attached hydrogen (secondary N) is 1. The van der Waals surface area contributed by atoms with E-state index in [1.54, 1.807) is 6.07 Å². The third-order valence-electron chi connectivity index (χ3n) is 4.45. The molecule has 2 nitrogen and oxygen atoms in total. The summed E-state index contributed by atoms with van der Waals surface area (Å²) in [6, 6.07) is 5.54.